The van der Waals surface area contributed by atoms with Crippen LogP contribution in [0.4, 0.5) is 0 Å². The highest BCUT2D eigenvalue weighted by molar-refractivity contribution is 6.01. The van der Waals surface area contributed by atoms with Gasteiger partial charge >= 0.3 is 0 Å². The Bertz CT molecular complexity index is 952. The lowest BCUT2D eigenvalue weighted by Gasteiger charge is -2.31. The topological polar surface area (TPSA) is 123 Å². The minimum absolute atomic E-state index is 0.181. The van der Waals surface area contributed by atoms with Crippen molar-refractivity contribution in [1.82, 2.24) is 26.2 Å². The molecule has 32 heavy (non-hydrogen) atoms. The largest absolute Gasteiger partial charge is 0.393 e. The summed E-state index contributed by atoms with van der Waals surface area (Å²) in [5.74, 6) is 1.61. The highest BCUT2D eigenvalue weighted by atomic mass is 15.2. The van der Waals surface area contributed by atoms with Crippen LogP contribution in [0.3, 0.4) is 0 Å². The second kappa shape index (κ2) is 10.7. The summed E-state index contributed by atoms with van der Waals surface area (Å²) in [4.78, 5) is 2.14. The molecule has 0 aliphatic carbocycles. The number of amidine groups is 2. The van der Waals surface area contributed by atoms with Gasteiger partial charge < -0.3 is 31.6 Å². The van der Waals surface area contributed by atoms with Crippen molar-refractivity contribution < 1.29 is 0 Å². The van der Waals surface area contributed by atoms with Gasteiger partial charge in [-0.1, -0.05) is 13.8 Å². The standard InChI is InChI=1S/C24H34N8/c1-16(2)17(13-25)12-22(26)31-23-8-7-20-21(30-23)11-18(14-29-20)19(15-28-3)24(27)32-9-5-4-6-10-32/h7-8,11-16,25,27-30H,4-6,9-10H2,1-3H3,(H2,26,31)/b17-12?,19-15-,25-13?,27-24?. The second-order valence-corrected chi connectivity index (χ2v) is 8.31. The molecule has 0 unspecified atom stereocenters. The van der Waals surface area contributed by atoms with E-state index in [4.69, 9.17) is 16.2 Å². The number of likely N-dealkylation sites (tertiary alicyclic amines) is 1. The van der Waals surface area contributed by atoms with E-state index in [0.717, 1.165) is 54.0 Å². The van der Waals surface area contributed by atoms with Gasteiger partial charge in [0.2, 0.25) is 0 Å². The maximum Gasteiger partial charge on any atom is 0.130 e. The first-order chi connectivity index (χ1) is 15.4. The van der Waals surface area contributed by atoms with Crippen LogP contribution in [0, 0.1) is 22.1 Å². The Morgan fingerprint density at radius 1 is 1.12 bits per heavy atom. The minimum atomic E-state index is 0.181. The molecule has 1 fully saturated rings. The van der Waals surface area contributed by atoms with Gasteiger partial charge in [-0.05, 0) is 55.1 Å². The van der Waals surface area contributed by atoms with Crippen LogP contribution in [0.2, 0.25) is 0 Å². The summed E-state index contributed by atoms with van der Waals surface area (Å²) in [5.41, 5.74) is 4.34. The fourth-order valence-corrected chi connectivity index (χ4v) is 3.77. The molecule has 0 aromatic rings. The van der Waals surface area contributed by atoms with Crippen molar-refractivity contribution in [3.05, 3.63) is 70.6 Å². The van der Waals surface area contributed by atoms with Gasteiger partial charge in [0.05, 0.1) is 11.4 Å². The van der Waals surface area contributed by atoms with Gasteiger partial charge in [-0.25, -0.2) is 0 Å². The first-order valence-electron chi connectivity index (χ1n) is 11.1. The molecule has 170 valence electrons. The van der Waals surface area contributed by atoms with Gasteiger partial charge in [-0.3, -0.25) is 10.8 Å². The molecule has 0 atom stereocenters. The molecule has 0 spiro atoms. The highest BCUT2D eigenvalue weighted by Crippen LogP contribution is 2.24. The van der Waals surface area contributed by atoms with Gasteiger partial charge in [0, 0.05) is 49.9 Å². The number of piperidine rings is 1. The lowest BCUT2D eigenvalue weighted by molar-refractivity contribution is 0.341. The number of dihydropyridines is 2. The van der Waals surface area contributed by atoms with Crippen LogP contribution in [0.15, 0.2) is 70.6 Å². The summed E-state index contributed by atoms with van der Waals surface area (Å²) in [5, 5.41) is 37.3. The summed E-state index contributed by atoms with van der Waals surface area (Å²) in [6.45, 7) is 5.84. The molecule has 1 saturated heterocycles. The van der Waals surface area contributed by atoms with Gasteiger partial charge in [-0.2, -0.15) is 0 Å². The van der Waals surface area contributed by atoms with E-state index in [1.54, 1.807) is 6.08 Å². The first-order valence-corrected chi connectivity index (χ1v) is 11.1. The van der Waals surface area contributed by atoms with Crippen LogP contribution < -0.4 is 21.3 Å². The Morgan fingerprint density at radius 2 is 1.88 bits per heavy atom. The van der Waals surface area contributed by atoms with Crippen molar-refractivity contribution in [3.63, 3.8) is 0 Å². The number of hydrogen-bond acceptors (Lipinski definition) is 6. The van der Waals surface area contributed by atoms with Crippen molar-refractivity contribution in [2.24, 2.45) is 5.92 Å². The summed E-state index contributed by atoms with van der Waals surface area (Å²) >= 11 is 0. The van der Waals surface area contributed by atoms with Gasteiger partial charge in [-0.15, -0.1) is 0 Å². The molecule has 0 saturated carbocycles. The van der Waals surface area contributed by atoms with Crippen molar-refractivity contribution in [2.45, 2.75) is 33.1 Å². The van der Waals surface area contributed by atoms with Crippen molar-refractivity contribution in [1.29, 1.82) is 16.2 Å². The van der Waals surface area contributed by atoms with E-state index in [1.165, 1.54) is 12.6 Å². The van der Waals surface area contributed by atoms with Crippen LogP contribution in [0.25, 0.3) is 0 Å². The zero-order chi connectivity index (χ0) is 23.1. The average Bonchev–Trinajstić information content (AvgIpc) is 2.80. The molecule has 8 heteroatoms. The molecule has 0 aromatic carbocycles. The normalized spacial score (nSPS) is 18.8. The number of fused-ring (bicyclic) bond motifs is 1. The highest BCUT2D eigenvalue weighted by Gasteiger charge is 2.22. The zero-order valence-corrected chi connectivity index (χ0v) is 19.1. The first kappa shape index (κ1) is 23.1. The van der Waals surface area contributed by atoms with Crippen molar-refractivity contribution in [2.75, 3.05) is 20.1 Å². The number of hydrogen-bond donors (Lipinski definition) is 7. The van der Waals surface area contributed by atoms with E-state index in [2.05, 4.69) is 26.2 Å². The Kier molecular flexibility index (Phi) is 7.70. The summed E-state index contributed by atoms with van der Waals surface area (Å²) in [6.07, 6.45) is 16.1. The van der Waals surface area contributed by atoms with E-state index >= 15 is 0 Å². The Morgan fingerprint density at radius 3 is 2.53 bits per heavy atom. The molecule has 3 rings (SSSR count). The summed E-state index contributed by atoms with van der Waals surface area (Å²) in [6, 6.07) is 0. The Labute approximate surface area is 190 Å². The predicted molar refractivity (Wildman–Crippen MR) is 131 cm³/mol. The molecule has 0 bridgehead atoms. The molecule has 3 aliphatic rings. The lowest BCUT2D eigenvalue weighted by atomic mass is 9.99. The van der Waals surface area contributed by atoms with Crippen LogP contribution >= 0.6 is 0 Å². The zero-order valence-electron chi connectivity index (χ0n) is 19.1. The molecule has 3 heterocycles. The van der Waals surface area contributed by atoms with E-state index in [1.807, 2.05) is 51.5 Å². The molecule has 0 aromatic heterocycles. The van der Waals surface area contributed by atoms with E-state index < -0.39 is 0 Å². The third kappa shape index (κ3) is 5.57. The molecule has 3 aliphatic heterocycles. The van der Waals surface area contributed by atoms with Crippen molar-refractivity contribution >= 4 is 17.9 Å². The van der Waals surface area contributed by atoms with Crippen LogP contribution in [0.1, 0.15) is 33.1 Å². The molecular formula is C24H34N8. The number of rotatable bonds is 7. The third-order valence-corrected chi connectivity index (χ3v) is 5.60. The monoisotopic (exact) mass is 434 g/mol. The Hall–Kier alpha value is -3.55. The fraction of sp³-hybridized carbons (Fsp3) is 0.375. The SMILES string of the molecule is CN/C=C(\C(=N)N1CCCCC1)C1=CNC2=CC=C(NC(=N)C=C(C=N)C(C)C)NC2=C1. The molecule has 0 amide bonds. The maximum absolute atomic E-state index is 8.77. The van der Waals surface area contributed by atoms with Crippen LogP contribution in [-0.2, 0) is 0 Å². The van der Waals surface area contributed by atoms with Gasteiger partial charge in [0.25, 0.3) is 0 Å². The molecule has 0 radical (unpaired) electrons. The molecule has 8 nitrogen and oxygen atoms in total. The predicted octanol–water partition coefficient (Wildman–Crippen LogP) is 3.05. The lowest BCUT2D eigenvalue weighted by Crippen LogP contribution is -2.38. The van der Waals surface area contributed by atoms with E-state index in [9.17, 15) is 0 Å². The van der Waals surface area contributed by atoms with E-state index in [-0.39, 0.29) is 11.8 Å². The van der Waals surface area contributed by atoms with Gasteiger partial charge in [0.15, 0.2) is 0 Å². The quantitative estimate of drug-likeness (QED) is 0.245. The third-order valence-electron chi connectivity index (χ3n) is 5.60. The summed E-state index contributed by atoms with van der Waals surface area (Å²) < 4.78 is 0. The molecule has 7 N–H and O–H groups in total. The second-order valence-electron chi connectivity index (χ2n) is 8.31. The minimum Gasteiger partial charge on any atom is -0.393 e. The van der Waals surface area contributed by atoms with Gasteiger partial charge in [0.1, 0.15) is 17.5 Å². The van der Waals surface area contributed by atoms with E-state index in [0.29, 0.717) is 11.7 Å². The average molecular weight is 435 g/mol. The Balaban J connectivity index is 1.74. The maximum atomic E-state index is 8.77. The van der Waals surface area contributed by atoms with Crippen LogP contribution in [-0.4, -0.2) is 42.9 Å². The number of nitrogens with one attached hydrogen (secondary N) is 7. The van der Waals surface area contributed by atoms with Crippen LogP contribution in [0.5, 0.6) is 0 Å². The molecular weight excluding hydrogens is 400 g/mol. The van der Waals surface area contributed by atoms with Crippen molar-refractivity contribution in [3.8, 4) is 0 Å². The smallest absolute Gasteiger partial charge is 0.130 e. The number of nitrogens with zero attached hydrogens (tertiary/aromatic N) is 1. The summed E-state index contributed by atoms with van der Waals surface area (Å²) in [7, 11) is 1.85. The fourth-order valence-electron chi connectivity index (χ4n) is 3.77. The number of allylic oxidation sites excluding steroid dienone is 4.